The Bertz CT molecular complexity index is 684. The van der Waals surface area contributed by atoms with Crippen LogP contribution in [0.5, 0.6) is 0 Å². The van der Waals surface area contributed by atoms with Crippen molar-refractivity contribution in [3.05, 3.63) is 48.2 Å². The van der Waals surface area contributed by atoms with Crippen LogP contribution >= 0.6 is 0 Å². The largest absolute Gasteiger partial charge is 0.514 e. The SMILES string of the molecule is C/C=C(/OC(=O)OC(C)(C)C)c1ccc2ccccc2n1. The molecule has 21 heavy (non-hydrogen) atoms. The number of para-hydroxylation sites is 1. The predicted molar refractivity (Wildman–Crippen MR) is 82.7 cm³/mol. The smallest absolute Gasteiger partial charge is 0.428 e. The number of carbonyl (C=O) groups is 1. The number of ether oxygens (including phenoxy) is 2. The van der Waals surface area contributed by atoms with Crippen LogP contribution in [0.1, 0.15) is 33.4 Å². The summed E-state index contributed by atoms with van der Waals surface area (Å²) in [6.45, 7) is 7.16. The van der Waals surface area contributed by atoms with Crippen LogP contribution in [0, 0.1) is 0 Å². The molecule has 0 aliphatic carbocycles. The summed E-state index contributed by atoms with van der Waals surface area (Å²) in [5.41, 5.74) is 0.858. The van der Waals surface area contributed by atoms with E-state index in [4.69, 9.17) is 9.47 Å². The molecule has 0 saturated heterocycles. The molecule has 0 aliphatic heterocycles. The lowest BCUT2D eigenvalue weighted by molar-refractivity contribution is 0.0147. The fourth-order valence-corrected chi connectivity index (χ4v) is 1.82. The summed E-state index contributed by atoms with van der Waals surface area (Å²) in [5.74, 6) is 0.384. The molecule has 0 aliphatic rings. The average Bonchev–Trinajstić information content (AvgIpc) is 2.42. The zero-order chi connectivity index (χ0) is 15.5. The molecule has 0 fully saturated rings. The van der Waals surface area contributed by atoms with Gasteiger partial charge in [-0.05, 0) is 45.9 Å². The molecule has 2 rings (SSSR count). The molecule has 110 valence electrons. The minimum atomic E-state index is -0.731. The first kappa shape index (κ1) is 15.0. The molecule has 2 aromatic rings. The van der Waals surface area contributed by atoms with Gasteiger partial charge in [0.2, 0.25) is 0 Å². The summed E-state index contributed by atoms with van der Waals surface area (Å²) in [4.78, 5) is 16.2. The number of rotatable bonds is 2. The van der Waals surface area contributed by atoms with Crippen molar-refractivity contribution in [3.63, 3.8) is 0 Å². The summed E-state index contributed by atoms with van der Waals surface area (Å²) in [5, 5.41) is 1.04. The van der Waals surface area contributed by atoms with Crippen LogP contribution < -0.4 is 0 Å². The monoisotopic (exact) mass is 285 g/mol. The number of nitrogens with zero attached hydrogens (tertiary/aromatic N) is 1. The third kappa shape index (κ3) is 4.05. The maximum Gasteiger partial charge on any atom is 0.514 e. The highest BCUT2D eigenvalue weighted by molar-refractivity contribution is 5.81. The van der Waals surface area contributed by atoms with E-state index in [0.29, 0.717) is 11.5 Å². The summed E-state index contributed by atoms with van der Waals surface area (Å²) >= 11 is 0. The quantitative estimate of drug-likeness (QED) is 0.600. The predicted octanol–water partition coefficient (Wildman–Crippen LogP) is 4.55. The van der Waals surface area contributed by atoms with E-state index in [1.165, 1.54) is 0 Å². The Kier molecular flexibility index (Phi) is 4.26. The van der Waals surface area contributed by atoms with Crippen LogP contribution in [0.25, 0.3) is 16.7 Å². The molecule has 0 atom stereocenters. The highest BCUT2D eigenvalue weighted by atomic mass is 16.7. The molecular weight excluding hydrogens is 266 g/mol. The molecule has 0 spiro atoms. The number of hydrogen-bond donors (Lipinski definition) is 0. The Morgan fingerprint density at radius 2 is 1.86 bits per heavy atom. The van der Waals surface area contributed by atoms with E-state index in [9.17, 15) is 4.79 Å². The van der Waals surface area contributed by atoms with Gasteiger partial charge in [0, 0.05) is 5.39 Å². The normalized spacial score (nSPS) is 12.3. The lowest BCUT2D eigenvalue weighted by Crippen LogP contribution is -2.24. The van der Waals surface area contributed by atoms with Crippen molar-refractivity contribution >= 4 is 22.8 Å². The van der Waals surface area contributed by atoms with E-state index < -0.39 is 11.8 Å². The second-order valence-electron chi connectivity index (χ2n) is 5.61. The molecule has 0 N–H and O–H groups in total. The fraction of sp³-hybridized carbons (Fsp3) is 0.294. The van der Waals surface area contributed by atoms with Gasteiger partial charge in [-0.3, -0.25) is 0 Å². The molecule has 0 saturated carbocycles. The van der Waals surface area contributed by atoms with Crippen molar-refractivity contribution in [1.29, 1.82) is 0 Å². The molecule has 0 amide bonds. The Morgan fingerprint density at radius 1 is 1.14 bits per heavy atom. The number of fused-ring (bicyclic) bond motifs is 1. The first-order valence-electron chi connectivity index (χ1n) is 6.82. The molecule has 4 nitrogen and oxygen atoms in total. The van der Waals surface area contributed by atoms with Gasteiger partial charge in [-0.25, -0.2) is 9.78 Å². The number of hydrogen-bond acceptors (Lipinski definition) is 4. The Balaban J connectivity index is 2.22. The second kappa shape index (κ2) is 5.95. The third-order valence-electron chi connectivity index (χ3n) is 2.70. The zero-order valence-electron chi connectivity index (χ0n) is 12.7. The minimum Gasteiger partial charge on any atom is -0.428 e. The highest BCUT2D eigenvalue weighted by Gasteiger charge is 2.19. The van der Waals surface area contributed by atoms with Crippen molar-refractivity contribution in [2.45, 2.75) is 33.3 Å². The van der Waals surface area contributed by atoms with Crippen LogP contribution in [0.2, 0.25) is 0 Å². The summed E-state index contributed by atoms with van der Waals surface area (Å²) in [6.07, 6.45) is 0.964. The van der Waals surface area contributed by atoms with E-state index in [-0.39, 0.29) is 0 Å². The van der Waals surface area contributed by atoms with E-state index >= 15 is 0 Å². The van der Waals surface area contributed by atoms with Crippen molar-refractivity contribution in [1.82, 2.24) is 4.98 Å². The van der Waals surface area contributed by atoms with Gasteiger partial charge in [0.25, 0.3) is 0 Å². The fourth-order valence-electron chi connectivity index (χ4n) is 1.82. The number of benzene rings is 1. The number of pyridine rings is 1. The van der Waals surface area contributed by atoms with Gasteiger partial charge in [-0.15, -0.1) is 0 Å². The van der Waals surface area contributed by atoms with Gasteiger partial charge in [0.05, 0.1) is 5.52 Å². The molecule has 4 heteroatoms. The Morgan fingerprint density at radius 3 is 2.52 bits per heavy atom. The summed E-state index contributed by atoms with van der Waals surface area (Å²) < 4.78 is 10.4. The van der Waals surface area contributed by atoms with E-state index in [2.05, 4.69) is 4.98 Å². The van der Waals surface area contributed by atoms with E-state index in [0.717, 1.165) is 10.9 Å². The molecule has 1 aromatic heterocycles. The maximum atomic E-state index is 11.8. The molecule has 0 bridgehead atoms. The second-order valence-corrected chi connectivity index (χ2v) is 5.61. The molecule has 0 radical (unpaired) electrons. The van der Waals surface area contributed by atoms with Gasteiger partial charge < -0.3 is 9.47 Å². The van der Waals surface area contributed by atoms with Crippen molar-refractivity contribution in [3.8, 4) is 0 Å². The van der Waals surface area contributed by atoms with Crippen LogP contribution in [0.15, 0.2) is 42.5 Å². The van der Waals surface area contributed by atoms with Gasteiger partial charge in [-0.1, -0.05) is 24.3 Å². The highest BCUT2D eigenvalue weighted by Crippen LogP contribution is 2.20. The standard InChI is InChI=1S/C17H19NO3/c1-5-15(20-16(19)21-17(2,3)4)14-11-10-12-8-6-7-9-13(12)18-14/h5-11H,1-4H3/b15-5+. The first-order valence-corrected chi connectivity index (χ1v) is 6.82. The molecule has 1 heterocycles. The zero-order valence-corrected chi connectivity index (χ0v) is 12.7. The number of allylic oxidation sites excluding steroid dienone is 1. The maximum absolute atomic E-state index is 11.8. The Hall–Kier alpha value is -2.36. The lowest BCUT2D eigenvalue weighted by atomic mass is 10.2. The van der Waals surface area contributed by atoms with Crippen molar-refractivity contribution in [2.24, 2.45) is 0 Å². The molecular formula is C17H19NO3. The van der Waals surface area contributed by atoms with Crippen LogP contribution in [0.4, 0.5) is 4.79 Å². The van der Waals surface area contributed by atoms with Gasteiger partial charge in [0.15, 0.2) is 5.76 Å². The third-order valence-corrected chi connectivity index (χ3v) is 2.70. The van der Waals surface area contributed by atoms with E-state index in [1.807, 2.05) is 36.4 Å². The number of aromatic nitrogens is 1. The summed E-state index contributed by atoms with van der Waals surface area (Å²) in [7, 11) is 0. The average molecular weight is 285 g/mol. The molecule has 0 unspecified atom stereocenters. The van der Waals surface area contributed by atoms with Gasteiger partial charge in [0.1, 0.15) is 11.3 Å². The lowest BCUT2D eigenvalue weighted by Gasteiger charge is -2.19. The van der Waals surface area contributed by atoms with Crippen molar-refractivity contribution in [2.75, 3.05) is 0 Å². The number of carbonyl (C=O) groups excluding carboxylic acids is 1. The Labute approximate surface area is 124 Å². The first-order chi connectivity index (χ1) is 9.89. The van der Waals surface area contributed by atoms with E-state index in [1.54, 1.807) is 33.8 Å². The molecule has 1 aromatic carbocycles. The summed E-state index contributed by atoms with van der Waals surface area (Å²) in [6, 6.07) is 11.5. The van der Waals surface area contributed by atoms with Crippen LogP contribution in [-0.2, 0) is 9.47 Å². The topological polar surface area (TPSA) is 48.4 Å². The van der Waals surface area contributed by atoms with Crippen LogP contribution in [0.3, 0.4) is 0 Å². The van der Waals surface area contributed by atoms with Gasteiger partial charge >= 0.3 is 6.16 Å². The van der Waals surface area contributed by atoms with Crippen molar-refractivity contribution < 1.29 is 14.3 Å². The van der Waals surface area contributed by atoms with Crippen LogP contribution in [-0.4, -0.2) is 16.7 Å². The van der Waals surface area contributed by atoms with Gasteiger partial charge in [-0.2, -0.15) is 0 Å². The minimum absolute atomic E-state index is 0.384.